The fraction of sp³-hybridized carbons (Fsp3) is 0.136. The molecule has 148 valence electrons. The molecule has 0 spiro atoms. The lowest BCUT2D eigenvalue weighted by atomic mass is 10.1. The maximum atomic E-state index is 12.6. The van der Waals surface area contributed by atoms with E-state index in [-0.39, 0.29) is 10.9 Å². The predicted octanol–water partition coefficient (Wildman–Crippen LogP) is 3.72. The first-order chi connectivity index (χ1) is 13.9. The molecule has 0 atom stereocenters. The number of carbonyl (C=O) groups is 2. The molecule has 0 bridgehead atoms. The minimum Gasteiger partial charge on any atom is -0.497 e. The summed E-state index contributed by atoms with van der Waals surface area (Å²) in [6, 6.07) is 14.2. The topological polar surface area (TPSA) is 80.3 Å². The van der Waals surface area contributed by atoms with Crippen LogP contribution in [0.5, 0.6) is 5.75 Å². The van der Waals surface area contributed by atoms with Crippen molar-refractivity contribution in [2.24, 2.45) is 0 Å². The third-order valence-corrected chi connectivity index (χ3v) is 4.63. The summed E-state index contributed by atoms with van der Waals surface area (Å²) in [6.45, 7) is 1.97. The van der Waals surface area contributed by atoms with Crippen molar-refractivity contribution in [3.63, 3.8) is 0 Å². The molecule has 7 heteroatoms. The van der Waals surface area contributed by atoms with Crippen molar-refractivity contribution >= 4 is 40.4 Å². The zero-order valence-corrected chi connectivity index (χ0v) is 17.0. The molecule has 2 aromatic carbocycles. The second-order valence-electron chi connectivity index (χ2n) is 6.38. The fourth-order valence-corrected chi connectivity index (χ4v) is 2.96. The zero-order valence-electron chi connectivity index (χ0n) is 16.2. The van der Waals surface area contributed by atoms with Gasteiger partial charge < -0.3 is 15.4 Å². The van der Waals surface area contributed by atoms with E-state index in [0.717, 1.165) is 16.5 Å². The van der Waals surface area contributed by atoms with Crippen LogP contribution in [0.4, 0.5) is 0 Å². The molecule has 0 radical (unpaired) electrons. The number of likely N-dealkylation sites (N-methyl/N-ethyl adjacent to an activating group) is 1. The van der Waals surface area contributed by atoms with Gasteiger partial charge in [-0.05, 0) is 55.0 Å². The van der Waals surface area contributed by atoms with E-state index >= 15 is 0 Å². The van der Waals surface area contributed by atoms with E-state index < -0.39 is 11.8 Å². The molecule has 1 heterocycles. The van der Waals surface area contributed by atoms with Crippen LogP contribution in [0.2, 0.25) is 5.15 Å². The Bertz CT molecular complexity index is 1110. The molecule has 6 nitrogen and oxygen atoms in total. The first-order valence-electron chi connectivity index (χ1n) is 8.87. The SMILES string of the molecule is CNC(=O)C(=Cc1cc2ccc(C)cc2nc1Cl)NC(=O)c1ccc(OC)cc1. The number of ether oxygens (including phenoxy) is 1. The Kier molecular flexibility index (Phi) is 6.14. The highest BCUT2D eigenvalue weighted by atomic mass is 35.5. The summed E-state index contributed by atoms with van der Waals surface area (Å²) in [5.74, 6) is -0.247. The molecule has 0 saturated carbocycles. The highest BCUT2D eigenvalue weighted by molar-refractivity contribution is 6.31. The van der Waals surface area contributed by atoms with Crippen LogP contribution in [0, 0.1) is 6.92 Å². The zero-order chi connectivity index (χ0) is 21.0. The first kappa shape index (κ1) is 20.4. The van der Waals surface area contributed by atoms with Gasteiger partial charge in [0.15, 0.2) is 0 Å². The van der Waals surface area contributed by atoms with Crippen molar-refractivity contribution in [2.75, 3.05) is 14.2 Å². The van der Waals surface area contributed by atoms with E-state index in [4.69, 9.17) is 16.3 Å². The number of methoxy groups -OCH3 is 1. The van der Waals surface area contributed by atoms with E-state index in [9.17, 15) is 9.59 Å². The average molecular weight is 410 g/mol. The minimum atomic E-state index is -0.452. The molecule has 0 fully saturated rings. The van der Waals surface area contributed by atoms with Gasteiger partial charge in [-0.15, -0.1) is 0 Å². The van der Waals surface area contributed by atoms with Crippen LogP contribution in [0.3, 0.4) is 0 Å². The summed E-state index contributed by atoms with van der Waals surface area (Å²) in [4.78, 5) is 29.3. The minimum absolute atomic E-state index is 0.0588. The third-order valence-electron chi connectivity index (χ3n) is 4.33. The van der Waals surface area contributed by atoms with Crippen molar-refractivity contribution in [2.45, 2.75) is 6.92 Å². The van der Waals surface area contributed by atoms with Crippen molar-refractivity contribution in [1.29, 1.82) is 0 Å². The summed E-state index contributed by atoms with van der Waals surface area (Å²) in [7, 11) is 3.03. The van der Waals surface area contributed by atoms with E-state index in [1.807, 2.05) is 31.2 Å². The molecule has 0 aliphatic rings. The van der Waals surface area contributed by atoms with E-state index in [0.29, 0.717) is 16.9 Å². The summed E-state index contributed by atoms with van der Waals surface area (Å²) in [5.41, 5.74) is 2.80. The molecule has 3 rings (SSSR count). The molecule has 0 aliphatic carbocycles. The number of fused-ring (bicyclic) bond motifs is 1. The first-order valence-corrected chi connectivity index (χ1v) is 9.25. The smallest absolute Gasteiger partial charge is 0.267 e. The highest BCUT2D eigenvalue weighted by Crippen LogP contribution is 2.23. The van der Waals surface area contributed by atoms with Gasteiger partial charge in [-0.2, -0.15) is 0 Å². The lowest BCUT2D eigenvalue weighted by molar-refractivity contribution is -0.117. The molecule has 0 aliphatic heterocycles. The number of benzene rings is 2. The Morgan fingerprint density at radius 2 is 1.83 bits per heavy atom. The molecule has 29 heavy (non-hydrogen) atoms. The number of rotatable bonds is 5. The Hall–Kier alpha value is -3.38. The Balaban J connectivity index is 1.95. The highest BCUT2D eigenvalue weighted by Gasteiger charge is 2.15. The van der Waals surface area contributed by atoms with Gasteiger partial charge in [-0.1, -0.05) is 23.7 Å². The Morgan fingerprint density at radius 3 is 2.48 bits per heavy atom. The molecule has 0 unspecified atom stereocenters. The number of carbonyl (C=O) groups excluding carboxylic acids is 2. The second kappa shape index (κ2) is 8.75. The predicted molar refractivity (Wildman–Crippen MR) is 114 cm³/mol. The summed E-state index contributed by atoms with van der Waals surface area (Å²) in [6.07, 6.45) is 1.51. The lowest BCUT2D eigenvalue weighted by Gasteiger charge is -2.10. The quantitative estimate of drug-likeness (QED) is 0.497. The molecular weight excluding hydrogens is 390 g/mol. The maximum Gasteiger partial charge on any atom is 0.267 e. The maximum absolute atomic E-state index is 12.6. The van der Waals surface area contributed by atoms with Gasteiger partial charge in [-0.25, -0.2) is 4.98 Å². The standard InChI is InChI=1S/C22H20ClN3O3/c1-13-4-5-15-11-16(20(23)25-18(15)10-13)12-19(22(28)24-2)26-21(27)14-6-8-17(29-3)9-7-14/h4-12H,1-3H3,(H,24,28)(H,26,27). The van der Waals surface area contributed by atoms with Crippen LogP contribution in [0.15, 0.2) is 54.2 Å². The number of amides is 2. The molecule has 1 aromatic heterocycles. The van der Waals surface area contributed by atoms with Gasteiger partial charge in [0.25, 0.3) is 11.8 Å². The Morgan fingerprint density at radius 1 is 1.10 bits per heavy atom. The number of aromatic nitrogens is 1. The molecule has 2 N–H and O–H groups in total. The second-order valence-corrected chi connectivity index (χ2v) is 6.74. The van der Waals surface area contributed by atoms with Crippen molar-refractivity contribution < 1.29 is 14.3 Å². The third kappa shape index (κ3) is 4.73. The number of hydrogen-bond donors (Lipinski definition) is 2. The van der Waals surface area contributed by atoms with Crippen molar-refractivity contribution in [3.8, 4) is 5.75 Å². The van der Waals surface area contributed by atoms with E-state index in [2.05, 4.69) is 15.6 Å². The van der Waals surface area contributed by atoms with Gasteiger partial charge in [0.05, 0.1) is 12.6 Å². The average Bonchev–Trinajstić information content (AvgIpc) is 2.73. The Labute approximate surface area is 173 Å². The number of nitrogens with one attached hydrogen (secondary N) is 2. The largest absolute Gasteiger partial charge is 0.497 e. The lowest BCUT2D eigenvalue weighted by Crippen LogP contribution is -2.33. The monoisotopic (exact) mass is 409 g/mol. The van der Waals surface area contributed by atoms with Crippen molar-refractivity contribution in [3.05, 3.63) is 76.1 Å². The number of hydrogen-bond acceptors (Lipinski definition) is 4. The molecular formula is C22H20ClN3O3. The summed E-state index contributed by atoms with van der Waals surface area (Å²) < 4.78 is 5.09. The van der Waals surface area contributed by atoms with Gasteiger partial charge in [-0.3, -0.25) is 9.59 Å². The van der Waals surface area contributed by atoms with Gasteiger partial charge in [0.1, 0.15) is 16.6 Å². The number of aryl methyl sites for hydroxylation is 1. The molecule has 0 saturated heterocycles. The van der Waals surface area contributed by atoms with Crippen LogP contribution in [0.1, 0.15) is 21.5 Å². The normalized spacial score (nSPS) is 11.2. The van der Waals surface area contributed by atoms with E-state index in [1.165, 1.54) is 13.1 Å². The molecule has 3 aromatic rings. The summed E-state index contributed by atoms with van der Waals surface area (Å²) in [5, 5.41) is 6.27. The van der Waals surface area contributed by atoms with Crippen LogP contribution in [0.25, 0.3) is 17.0 Å². The van der Waals surface area contributed by atoms with Gasteiger partial charge in [0.2, 0.25) is 0 Å². The van der Waals surface area contributed by atoms with Crippen LogP contribution >= 0.6 is 11.6 Å². The number of pyridine rings is 1. The van der Waals surface area contributed by atoms with Crippen LogP contribution in [-0.2, 0) is 4.79 Å². The van der Waals surface area contributed by atoms with Crippen LogP contribution < -0.4 is 15.4 Å². The number of nitrogens with zero attached hydrogens (tertiary/aromatic N) is 1. The molecule has 2 amide bonds. The van der Waals surface area contributed by atoms with Crippen LogP contribution in [-0.4, -0.2) is 31.0 Å². The number of halogens is 1. The van der Waals surface area contributed by atoms with Crippen molar-refractivity contribution in [1.82, 2.24) is 15.6 Å². The van der Waals surface area contributed by atoms with Gasteiger partial charge in [0, 0.05) is 23.6 Å². The van der Waals surface area contributed by atoms with E-state index in [1.54, 1.807) is 31.4 Å². The fourth-order valence-electron chi connectivity index (χ4n) is 2.76. The van der Waals surface area contributed by atoms with Gasteiger partial charge >= 0.3 is 0 Å². The summed E-state index contributed by atoms with van der Waals surface area (Å²) >= 11 is 6.32.